The van der Waals surface area contributed by atoms with Gasteiger partial charge >= 0.3 is 5.97 Å². The Balaban J connectivity index is 4.19. The van der Waals surface area contributed by atoms with Crippen molar-refractivity contribution in [2.45, 2.75) is 26.3 Å². The topological polar surface area (TPSA) is 102 Å². The quantitative estimate of drug-likeness (QED) is 0.575. The SMILES string of the molecule is CCCS(=O)(=O)NC(C)C(=O)NCC(=O)OC. The van der Waals surface area contributed by atoms with Crippen LogP contribution >= 0.6 is 0 Å². The van der Waals surface area contributed by atoms with Crippen LogP contribution in [0.5, 0.6) is 0 Å². The van der Waals surface area contributed by atoms with Crippen LogP contribution in [0.4, 0.5) is 0 Å². The molecule has 0 aliphatic carbocycles. The Morgan fingerprint density at radius 1 is 1.35 bits per heavy atom. The molecule has 0 heterocycles. The number of nitrogens with one attached hydrogen (secondary N) is 2. The van der Waals surface area contributed by atoms with E-state index in [1.807, 2.05) is 0 Å². The first-order valence-corrected chi connectivity index (χ1v) is 6.82. The summed E-state index contributed by atoms with van der Waals surface area (Å²) >= 11 is 0. The van der Waals surface area contributed by atoms with Gasteiger partial charge in [0, 0.05) is 0 Å². The molecule has 0 aromatic heterocycles. The van der Waals surface area contributed by atoms with Crippen LogP contribution in [0.2, 0.25) is 0 Å². The van der Waals surface area contributed by atoms with Crippen molar-refractivity contribution in [2.75, 3.05) is 19.4 Å². The van der Waals surface area contributed by atoms with Gasteiger partial charge in [0.05, 0.1) is 18.9 Å². The summed E-state index contributed by atoms with van der Waals surface area (Å²) in [6.07, 6.45) is 0.464. The molecule has 8 heteroatoms. The van der Waals surface area contributed by atoms with Gasteiger partial charge in [0.1, 0.15) is 6.54 Å². The van der Waals surface area contributed by atoms with Gasteiger partial charge in [-0.15, -0.1) is 0 Å². The summed E-state index contributed by atoms with van der Waals surface area (Å²) in [7, 11) is -2.25. The smallest absolute Gasteiger partial charge is 0.325 e. The van der Waals surface area contributed by atoms with Gasteiger partial charge in [0.25, 0.3) is 0 Å². The second-order valence-electron chi connectivity index (χ2n) is 3.45. The lowest BCUT2D eigenvalue weighted by atomic mass is 10.3. The van der Waals surface area contributed by atoms with Crippen molar-refractivity contribution in [3.63, 3.8) is 0 Å². The Bertz CT molecular complexity index is 366. The highest BCUT2D eigenvalue weighted by Gasteiger charge is 2.19. The van der Waals surface area contributed by atoms with Gasteiger partial charge < -0.3 is 10.1 Å². The van der Waals surface area contributed by atoms with Crippen LogP contribution in [0.25, 0.3) is 0 Å². The molecule has 0 bridgehead atoms. The number of hydrogen-bond donors (Lipinski definition) is 2. The predicted molar refractivity (Wildman–Crippen MR) is 61.7 cm³/mol. The standard InChI is InChI=1S/C9H18N2O5S/c1-4-5-17(14,15)11-7(2)9(13)10-6-8(12)16-3/h7,11H,4-6H2,1-3H3,(H,10,13). The molecule has 0 saturated carbocycles. The van der Waals surface area contributed by atoms with Crippen LogP contribution < -0.4 is 10.0 Å². The van der Waals surface area contributed by atoms with E-state index in [-0.39, 0.29) is 12.3 Å². The number of carbonyl (C=O) groups is 2. The maximum Gasteiger partial charge on any atom is 0.325 e. The van der Waals surface area contributed by atoms with Crippen LogP contribution in [0.15, 0.2) is 0 Å². The molecule has 100 valence electrons. The number of esters is 1. The lowest BCUT2D eigenvalue weighted by molar-refractivity contribution is -0.141. The van der Waals surface area contributed by atoms with Crippen LogP contribution in [0.3, 0.4) is 0 Å². The zero-order valence-electron chi connectivity index (χ0n) is 10.1. The van der Waals surface area contributed by atoms with E-state index in [0.29, 0.717) is 6.42 Å². The van der Waals surface area contributed by atoms with E-state index < -0.39 is 27.9 Å². The van der Waals surface area contributed by atoms with Crippen molar-refractivity contribution < 1.29 is 22.7 Å². The van der Waals surface area contributed by atoms with Gasteiger partial charge in [-0.2, -0.15) is 0 Å². The normalized spacial score (nSPS) is 12.9. The summed E-state index contributed by atoms with van der Waals surface area (Å²) in [6.45, 7) is 2.84. The van der Waals surface area contributed by atoms with Gasteiger partial charge in [-0.1, -0.05) is 6.92 Å². The Morgan fingerprint density at radius 2 is 1.94 bits per heavy atom. The van der Waals surface area contributed by atoms with Crippen molar-refractivity contribution >= 4 is 21.9 Å². The van der Waals surface area contributed by atoms with Gasteiger partial charge in [0.15, 0.2) is 0 Å². The maximum absolute atomic E-state index is 11.4. The number of carbonyl (C=O) groups excluding carboxylic acids is 2. The van der Waals surface area contributed by atoms with Gasteiger partial charge in [-0.25, -0.2) is 13.1 Å². The minimum atomic E-state index is -3.45. The first-order chi connectivity index (χ1) is 7.82. The molecule has 0 aliphatic rings. The molecular formula is C9H18N2O5S. The van der Waals surface area contributed by atoms with E-state index in [1.165, 1.54) is 14.0 Å². The molecule has 0 aromatic rings. The van der Waals surface area contributed by atoms with E-state index in [9.17, 15) is 18.0 Å². The molecule has 7 nitrogen and oxygen atoms in total. The molecule has 0 spiro atoms. The van der Waals surface area contributed by atoms with E-state index in [0.717, 1.165) is 0 Å². The predicted octanol–water partition coefficient (Wildman–Crippen LogP) is -1.01. The lowest BCUT2D eigenvalue weighted by Gasteiger charge is -2.13. The molecule has 0 fully saturated rings. The van der Waals surface area contributed by atoms with E-state index in [2.05, 4.69) is 14.8 Å². The molecular weight excluding hydrogens is 248 g/mol. The fourth-order valence-electron chi connectivity index (χ4n) is 1.04. The number of amides is 1. The van der Waals surface area contributed by atoms with E-state index in [1.54, 1.807) is 6.92 Å². The number of sulfonamides is 1. The van der Waals surface area contributed by atoms with Gasteiger partial charge in [0.2, 0.25) is 15.9 Å². The summed E-state index contributed by atoms with van der Waals surface area (Å²) in [6, 6.07) is -0.920. The second kappa shape index (κ2) is 7.23. The number of ether oxygens (including phenoxy) is 1. The molecule has 0 saturated heterocycles. The molecule has 1 atom stereocenters. The third-order valence-electron chi connectivity index (χ3n) is 1.86. The van der Waals surface area contributed by atoms with Crippen LogP contribution in [0, 0.1) is 0 Å². The summed E-state index contributed by atoms with van der Waals surface area (Å²) in [4.78, 5) is 22.2. The zero-order valence-corrected chi connectivity index (χ0v) is 11.0. The highest BCUT2D eigenvalue weighted by atomic mass is 32.2. The van der Waals surface area contributed by atoms with Crippen molar-refractivity contribution in [1.82, 2.24) is 10.0 Å². The molecule has 2 N–H and O–H groups in total. The Kier molecular flexibility index (Phi) is 6.74. The first kappa shape index (κ1) is 15.9. The number of rotatable bonds is 7. The van der Waals surface area contributed by atoms with E-state index >= 15 is 0 Å². The fraction of sp³-hybridized carbons (Fsp3) is 0.778. The minimum absolute atomic E-state index is 0.0401. The second-order valence-corrected chi connectivity index (χ2v) is 5.33. The highest BCUT2D eigenvalue weighted by Crippen LogP contribution is 1.92. The Morgan fingerprint density at radius 3 is 2.41 bits per heavy atom. The third kappa shape index (κ3) is 6.90. The summed E-state index contributed by atoms with van der Waals surface area (Å²) in [5.74, 6) is -1.21. The van der Waals surface area contributed by atoms with Crippen molar-refractivity contribution in [3.8, 4) is 0 Å². The summed E-state index contributed by atoms with van der Waals surface area (Å²) in [5.41, 5.74) is 0. The molecule has 1 unspecified atom stereocenters. The third-order valence-corrected chi connectivity index (χ3v) is 3.52. The molecule has 0 aromatic carbocycles. The monoisotopic (exact) mass is 266 g/mol. The van der Waals surface area contributed by atoms with Gasteiger partial charge in [-0.05, 0) is 13.3 Å². The lowest BCUT2D eigenvalue weighted by Crippen LogP contribution is -2.46. The average molecular weight is 266 g/mol. The summed E-state index contributed by atoms with van der Waals surface area (Å²) in [5, 5.41) is 2.26. The zero-order chi connectivity index (χ0) is 13.5. The molecule has 0 rings (SSSR count). The van der Waals surface area contributed by atoms with E-state index in [4.69, 9.17) is 0 Å². The van der Waals surface area contributed by atoms with Crippen molar-refractivity contribution in [1.29, 1.82) is 0 Å². The first-order valence-electron chi connectivity index (χ1n) is 5.17. The number of hydrogen-bond acceptors (Lipinski definition) is 5. The fourth-order valence-corrected chi connectivity index (χ4v) is 2.34. The van der Waals surface area contributed by atoms with Crippen LogP contribution in [-0.2, 0) is 24.3 Å². The van der Waals surface area contributed by atoms with Crippen molar-refractivity contribution in [3.05, 3.63) is 0 Å². The Labute approximate surface area is 101 Å². The molecule has 1 amide bonds. The Hall–Kier alpha value is -1.15. The molecule has 0 radical (unpaired) electrons. The maximum atomic E-state index is 11.4. The van der Waals surface area contributed by atoms with Gasteiger partial charge in [-0.3, -0.25) is 9.59 Å². The molecule has 17 heavy (non-hydrogen) atoms. The number of methoxy groups -OCH3 is 1. The summed E-state index contributed by atoms with van der Waals surface area (Å²) < 4.78 is 29.2. The van der Waals surface area contributed by atoms with Crippen molar-refractivity contribution in [2.24, 2.45) is 0 Å². The van der Waals surface area contributed by atoms with Crippen LogP contribution in [-0.4, -0.2) is 45.7 Å². The van der Waals surface area contributed by atoms with Crippen LogP contribution in [0.1, 0.15) is 20.3 Å². The largest absolute Gasteiger partial charge is 0.468 e. The average Bonchev–Trinajstić information content (AvgIpc) is 2.24. The molecule has 0 aliphatic heterocycles. The minimum Gasteiger partial charge on any atom is -0.468 e. The highest BCUT2D eigenvalue weighted by molar-refractivity contribution is 7.89.